The molecule has 3 aliphatic carbocycles. The summed E-state index contributed by atoms with van der Waals surface area (Å²) in [5.74, 6) is 6.40. The molecule has 3 saturated carbocycles. The maximum atomic E-state index is 2.59. The summed E-state index contributed by atoms with van der Waals surface area (Å²) in [6.07, 6.45) is 16.5. The van der Waals surface area contributed by atoms with Crippen LogP contribution in [-0.2, 0) is 0 Å². The topological polar surface area (TPSA) is 0 Å². The minimum absolute atomic E-state index is 0.615. The van der Waals surface area contributed by atoms with Crippen molar-refractivity contribution >= 4 is 0 Å². The molecular formula is C25H46. The number of rotatable bonds is 6. The second-order valence-electron chi connectivity index (χ2n) is 10.8. The van der Waals surface area contributed by atoms with Gasteiger partial charge in [-0.1, -0.05) is 67.2 Å². The molecule has 3 fully saturated rings. The van der Waals surface area contributed by atoms with E-state index in [0.29, 0.717) is 10.8 Å². The van der Waals surface area contributed by atoms with Gasteiger partial charge in [0, 0.05) is 0 Å². The van der Waals surface area contributed by atoms with Crippen molar-refractivity contribution in [1.82, 2.24) is 0 Å². The van der Waals surface area contributed by atoms with Crippen molar-refractivity contribution in [2.45, 2.75) is 112 Å². The van der Waals surface area contributed by atoms with E-state index in [1.807, 2.05) is 0 Å². The van der Waals surface area contributed by atoms with E-state index in [2.05, 4.69) is 41.5 Å². The summed E-state index contributed by atoms with van der Waals surface area (Å²) in [5, 5.41) is 0. The molecule has 0 saturated heterocycles. The molecule has 0 bridgehead atoms. The van der Waals surface area contributed by atoms with Gasteiger partial charge in [-0.25, -0.2) is 0 Å². The van der Waals surface area contributed by atoms with Crippen LogP contribution in [0.3, 0.4) is 0 Å². The molecule has 0 aromatic rings. The molecule has 0 aromatic carbocycles. The van der Waals surface area contributed by atoms with Gasteiger partial charge in [0.25, 0.3) is 0 Å². The van der Waals surface area contributed by atoms with E-state index in [9.17, 15) is 0 Å². The van der Waals surface area contributed by atoms with Gasteiger partial charge >= 0.3 is 0 Å². The Morgan fingerprint density at radius 1 is 0.560 bits per heavy atom. The third-order valence-electron chi connectivity index (χ3n) is 10.4. The Bertz CT molecular complexity index is 387. The van der Waals surface area contributed by atoms with Crippen LogP contribution in [0.2, 0.25) is 0 Å². The molecule has 25 heavy (non-hydrogen) atoms. The summed E-state index contributed by atoms with van der Waals surface area (Å²) in [6.45, 7) is 14.9. The predicted octanol–water partition coefficient (Wildman–Crippen LogP) is 8.11. The SMILES string of the molecule is CCC(C)(CC)C1CCC2C(CC3CC(C(C)(CC)CC)CCC32)C1. The van der Waals surface area contributed by atoms with Crippen LogP contribution in [-0.4, -0.2) is 0 Å². The molecule has 6 unspecified atom stereocenters. The van der Waals surface area contributed by atoms with Crippen LogP contribution in [0.5, 0.6) is 0 Å². The first-order valence-electron chi connectivity index (χ1n) is 11.9. The second-order valence-corrected chi connectivity index (χ2v) is 10.8. The normalized spacial score (nSPS) is 39.1. The Balaban J connectivity index is 1.66. The third kappa shape index (κ3) is 3.45. The monoisotopic (exact) mass is 346 g/mol. The number of hydrogen-bond acceptors (Lipinski definition) is 0. The minimum Gasteiger partial charge on any atom is -0.0649 e. The lowest BCUT2D eigenvalue weighted by Crippen LogP contribution is -2.36. The van der Waals surface area contributed by atoms with Crippen LogP contribution in [0.25, 0.3) is 0 Å². The highest BCUT2D eigenvalue weighted by Gasteiger charge is 2.51. The van der Waals surface area contributed by atoms with Gasteiger partial charge in [-0.3, -0.25) is 0 Å². The van der Waals surface area contributed by atoms with E-state index in [-0.39, 0.29) is 0 Å². The van der Waals surface area contributed by atoms with Crippen LogP contribution in [0, 0.1) is 46.3 Å². The molecule has 0 heteroatoms. The Morgan fingerprint density at radius 2 is 0.920 bits per heavy atom. The zero-order chi connectivity index (χ0) is 18.2. The largest absolute Gasteiger partial charge is 0.0649 e. The molecule has 3 rings (SSSR count). The van der Waals surface area contributed by atoms with Crippen LogP contribution >= 0.6 is 0 Å². The predicted molar refractivity (Wildman–Crippen MR) is 111 cm³/mol. The van der Waals surface area contributed by atoms with E-state index < -0.39 is 0 Å². The van der Waals surface area contributed by atoms with E-state index >= 15 is 0 Å². The molecule has 0 heterocycles. The summed E-state index contributed by atoms with van der Waals surface area (Å²) >= 11 is 0. The number of fused-ring (bicyclic) bond motifs is 3. The average molecular weight is 347 g/mol. The summed E-state index contributed by atoms with van der Waals surface area (Å²) in [4.78, 5) is 0. The maximum absolute atomic E-state index is 2.59. The van der Waals surface area contributed by atoms with Gasteiger partial charge in [-0.2, -0.15) is 0 Å². The van der Waals surface area contributed by atoms with Gasteiger partial charge in [0.1, 0.15) is 0 Å². The molecule has 3 aliphatic rings. The fourth-order valence-electron chi connectivity index (χ4n) is 7.55. The quantitative estimate of drug-likeness (QED) is 0.455. The molecule has 0 nitrogen and oxygen atoms in total. The van der Waals surface area contributed by atoms with Gasteiger partial charge < -0.3 is 0 Å². The maximum Gasteiger partial charge on any atom is -0.0303 e. The van der Waals surface area contributed by atoms with E-state index in [4.69, 9.17) is 0 Å². The van der Waals surface area contributed by atoms with Gasteiger partial charge in [0.2, 0.25) is 0 Å². The van der Waals surface area contributed by atoms with Gasteiger partial charge in [-0.15, -0.1) is 0 Å². The zero-order valence-electron chi connectivity index (χ0n) is 18.2. The summed E-state index contributed by atoms with van der Waals surface area (Å²) in [5.41, 5.74) is 1.23. The molecule has 0 spiro atoms. The van der Waals surface area contributed by atoms with Crippen molar-refractivity contribution in [3.8, 4) is 0 Å². The van der Waals surface area contributed by atoms with Crippen molar-refractivity contribution in [3.05, 3.63) is 0 Å². The smallest absolute Gasteiger partial charge is 0.0303 e. The Kier molecular flexibility index (Phi) is 5.97. The average Bonchev–Trinajstić information content (AvgIpc) is 3.03. The van der Waals surface area contributed by atoms with Crippen molar-refractivity contribution in [2.24, 2.45) is 46.3 Å². The van der Waals surface area contributed by atoms with E-state index in [1.54, 1.807) is 32.1 Å². The molecule has 0 N–H and O–H groups in total. The highest BCUT2D eigenvalue weighted by atomic mass is 14.6. The Hall–Kier alpha value is 0. The molecule has 146 valence electrons. The third-order valence-corrected chi connectivity index (χ3v) is 10.4. The highest BCUT2D eigenvalue weighted by Crippen LogP contribution is 2.60. The lowest BCUT2D eigenvalue weighted by molar-refractivity contribution is 0.0472. The molecule has 0 amide bonds. The first kappa shape index (κ1) is 19.8. The van der Waals surface area contributed by atoms with Crippen LogP contribution < -0.4 is 0 Å². The van der Waals surface area contributed by atoms with Crippen LogP contribution in [0.1, 0.15) is 112 Å². The fraction of sp³-hybridized carbons (Fsp3) is 1.00. The highest BCUT2D eigenvalue weighted by molar-refractivity contribution is 5.01. The fourth-order valence-corrected chi connectivity index (χ4v) is 7.55. The molecule has 0 aliphatic heterocycles. The summed E-state index contributed by atoms with van der Waals surface area (Å²) < 4.78 is 0. The lowest BCUT2D eigenvalue weighted by atomic mass is 9.60. The van der Waals surface area contributed by atoms with Crippen molar-refractivity contribution < 1.29 is 0 Å². The Labute approximate surface area is 158 Å². The summed E-state index contributed by atoms with van der Waals surface area (Å²) in [6, 6.07) is 0. The van der Waals surface area contributed by atoms with Gasteiger partial charge in [0.05, 0.1) is 0 Å². The van der Waals surface area contributed by atoms with Gasteiger partial charge in [-0.05, 0) is 91.3 Å². The summed E-state index contributed by atoms with van der Waals surface area (Å²) in [7, 11) is 0. The first-order valence-corrected chi connectivity index (χ1v) is 11.9. The lowest BCUT2D eigenvalue weighted by Gasteiger charge is -2.45. The van der Waals surface area contributed by atoms with E-state index in [1.165, 1.54) is 38.5 Å². The van der Waals surface area contributed by atoms with Crippen molar-refractivity contribution in [2.75, 3.05) is 0 Å². The van der Waals surface area contributed by atoms with Crippen molar-refractivity contribution in [3.63, 3.8) is 0 Å². The van der Waals surface area contributed by atoms with E-state index in [0.717, 1.165) is 35.5 Å². The minimum atomic E-state index is 0.615. The molecule has 6 atom stereocenters. The zero-order valence-corrected chi connectivity index (χ0v) is 18.2. The van der Waals surface area contributed by atoms with Crippen LogP contribution in [0.4, 0.5) is 0 Å². The van der Waals surface area contributed by atoms with Gasteiger partial charge in [0.15, 0.2) is 0 Å². The Morgan fingerprint density at radius 3 is 1.24 bits per heavy atom. The molecular weight excluding hydrogens is 300 g/mol. The standard InChI is InChI=1S/C25H46/c1-7-24(5,8-2)20-11-13-22-18(16-20)15-19-17-21(12-14-23(19)22)25(6,9-3)10-4/h18-23H,7-17H2,1-6H3. The first-order chi connectivity index (χ1) is 11.9. The molecule has 0 radical (unpaired) electrons. The molecule has 0 aromatic heterocycles. The number of hydrogen-bond donors (Lipinski definition) is 0. The van der Waals surface area contributed by atoms with Crippen molar-refractivity contribution in [1.29, 1.82) is 0 Å². The van der Waals surface area contributed by atoms with Crippen LogP contribution in [0.15, 0.2) is 0 Å². The second kappa shape index (κ2) is 7.55.